The maximum atomic E-state index is 5.94. The van der Waals surface area contributed by atoms with Gasteiger partial charge in [0.2, 0.25) is 0 Å². The van der Waals surface area contributed by atoms with E-state index in [1.807, 2.05) is 12.1 Å². The summed E-state index contributed by atoms with van der Waals surface area (Å²) in [7, 11) is 2.17. The maximum Gasteiger partial charge on any atom is 0.134 e. The summed E-state index contributed by atoms with van der Waals surface area (Å²) in [5, 5.41) is 1.17. The highest BCUT2D eigenvalue weighted by Crippen LogP contribution is 2.26. The van der Waals surface area contributed by atoms with Gasteiger partial charge in [-0.05, 0) is 26.1 Å². The van der Waals surface area contributed by atoms with Gasteiger partial charge in [-0.2, -0.15) is 0 Å². The number of fused-ring (bicyclic) bond motifs is 1. The Morgan fingerprint density at radius 2 is 2.10 bits per heavy atom. The van der Waals surface area contributed by atoms with Crippen molar-refractivity contribution in [2.24, 2.45) is 5.73 Å². The monoisotopic (exact) mass is 270 g/mol. The summed E-state index contributed by atoms with van der Waals surface area (Å²) >= 11 is 0. The zero-order chi connectivity index (χ0) is 14.1. The first-order valence-corrected chi connectivity index (χ1v) is 7.23. The fourth-order valence-corrected chi connectivity index (χ4v) is 3.00. The third-order valence-electron chi connectivity index (χ3n) is 4.10. The van der Waals surface area contributed by atoms with Crippen LogP contribution in [0.25, 0.3) is 10.9 Å². The van der Waals surface area contributed by atoms with Crippen molar-refractivity contribution in [2.75, 3.05) is 31.6 Å². The highest BCUT2D eigenvalue weighted by Gasteiger charge is 2.24. The summed E-state index contributed by atoms with van der Waals surface area (Å²) in [5.74, 6) is 1.06. The molecule has 4 heteroatoms. The molecule has 1 atom stereocenters. The van der Waals surface area contributed by atoms with Crippen LogP contribution >= 0.6 is 0 Å². The molecule has 0 aliphatic carbocycles. The van der Waals surface area contributed by atoms with E-state index in [9.17, 15) is 0 Å². The second-order valence-corrected chi connectivity index (χ2v) is 5.67. The highest BCUT2D eigenvalue weighted by atomic mass is 15.3. The molecule has 0 bridgehead atoms. The molecule has 1 aromatic carbocycles. The van der Waals surface area contributed by atoms with Crippen LogP contribution in [0.4, 0.5) is 5.82 Å². The molecular formula is C16H22N4. The average molecular weight is 270 g/mol. The molecule has 1 fully saturated rings. The summed E-state index contributed by atoms with van der Waals surface area (Å²) in [6, 6.07) is 10.9. The van der Waals surface area contributed by atoms with E-state index < -0.39 is 0 Å². The van der Waals surface area contributed by atoms with Crippen LogP contribution in [0.2, 0.25) is 0 Å². The Labute approximate surface area is 120 Å². The van der Waals surface area contributed by atoms with Gasteiger partial charge in [0.05, 0.1) is 5.52 Å². The minimum absolute atomic E-state index is 0.465. The van der Waals surface area contributed by atoms with Gasteiger partial charge in [-0.25, -0.2) is 4.98 Å². The molecule has 2 N–H and O–H groups in total. The molecule has 106 valence electrons. The standard InChI is InChI=1S/C16H22N4/c1-12-11-19(2)7-8-20(12)16-14(10-17)9-13-5-3-4-6-15(13)18-16/h3-6,9,12H,7-8,10-11,17H2,1-2H3. The third-order valence-corrected chi connectivity index (χ3v) is 4.10. The molecule has 1 saturated heterocycles. The normalized spacial score (nSPS) is 20.6. The van der Waals surface area contributed by atoms with Crippen LogP contribution in [0.15, 0.2) is 30.3 Å². The number of nitrogens with zero attached hydrogens (tertiary/aromatic N) is 3. The lowest BCUT2D eigenvalue weighted by molar-refractivity contribution is 0.274. The first kappa shape index (κ1) is 13.3. The Morgan fingerprint density at radius 3 is 2.85 bits per heavy atom. The molecule has 1 aromatic heterocycles. The number of para-hydroxylation sites is 1. The number of nitrogens with two attached hydrogens (primary N) is 1. The number of pyridine rings is 1. The van der Waals surface area contributed by atoms with Crippen molar-refractivity contribution in [2.45, 2.75) is 19.5 Å². The van der Waals surface area contributed by atoms with Crippen LogP contribution in [-0.4, -0.2) is 42.6 Å². The Morgan fingerprint density at radius 1 is 1.30 bits per heavy atom. The van der Waals surface area contributed by atoms with Crippen molar-refractivity contribution in [3.05, 3.63) is 35.9 Å². The molecule has 4 nitrogen and oxygen atoms in total. The van der Waals surface area contributed by atoms with Crippen molar-refractivity contribution in [1.29, 1.82) is 0 Å². The summed E-state index contributed by atoms with van der Waals surface area (Å²) < 4.78 is 0. The molecule has 0 amide bonds. The van der Waals surface area contributed by atoms with Crippen molar-refractivity contribution >= 4 is 16.7 Å². The lowest BCUT2D eigenvalue weighted by Gasteiger charge is -2.39. The van der Waals surface area contributed by atoms with Gasteiger partial charge in [0.1, 0.15) is 5.82 Å². The number of benzene rings is 1. The topological polar surface area (TPSA) is 45.4 Å². The van der Waals surface area contributed by atoms with Gasteiger partial charge in [0.15, 0.2) is 0 Å². The fraction of sp³-hybridized carbons (Fsp3) is 0.438. The van der Waals surface area contributed by atoms with Gasteiger partial charge >= 0.3 is 0 Å². The third kappa shape index (κ3) is 2.37. The number of rotatable bonds is 2. The number of likely N-dealkylation sites (N-methyl/N-ethyl adjacent to an activating group) is 1. The second-order valence-electron chi connectivity index (χ2n) is 5.67. The van der Waals surface area contributed by atoms with E-state index in [0.717, 1.165) is 36.5 Å². The SMILES string of the molecule is CC1CN(C)CCN1c1nc2ccccc2cc1CN. The van der Waals surface area contributed by atoms with Crippen molar-refractivity contribution < 1.29 is 0 Å². The Balaban J connectivity index is 2.05. The molecule has 1 aliphatic heterocycles. The summed E-state index contributed by atoms with van der Waals surface area (Å²) in [6.07, 6.45) is 0. The molecule has 2 aromatic rings. The lowest BCUT2D eigenvalue weighted by Crippen LogP contribution is -2.51. The van der Waals surface area contributed by atoms with Gasteiger partial charge < -0.3 is 15.5 Å². The number of anilines is 1. The minimum atomic E-state index is 0.465. The van der Waals surface area contributed by atoms with E-state index in [-0.39, 0.29) is 0 Å². The summed E-state index contributed by atoms with van der Waals surface area (Å²) in [5.41, 5.74) is 8.13. The Kier molecular flexibility index (Phi) is 3.59. The van der Waals surface area contributed by atoms with E-state index in [0.29, 0.717) is 12.6 Å². The van der Waals surface area contributed by atoms with Gasteiger partial charge in [-0.1, -0.05) is 18.2 Å². The number of aromatic nitrogens is 1. The highest BCUT2D eigenvalue weighted by molar-refractivity contribution is 5.81. The minimum Gasteiger partial charge on any atom is -0.351 e. The van der Waals surface area contributed by atoms with Gasteiger partial charge in [-0.15, -0.1) is 0 Å². The van der Waals surface area contributed by atoms with Crippen LogP contribution in [0, 0.1) is 0 Å². The zero-order valence-electron chi connectivity index (χ0n) is 12.2. The molecule has 0 radical (unpaired) electrons. The zero-order valence-corrected chi connectivity index (χ0v) is 12.2. The van der Waals surface area contributed by atoms with Crippen molar-refractivity contribution in [3.63, 3.8) is 0 Å². The summed E-state index contributed by atoms with van der Waals surface area (Å²) in [4.78, 5) is 9.64. The summed E-state index contributed by atoms with van der Waals surface area (Å²) in [6.45, 7) is 5.94. The molecule has 1 aliphatic rings. The maximum absolute atomic E-state index is 5.94. The average Bonchev–Trinajstić information content (AvgIpc) is 2.46. The Bertz CT molecular complexity index is 610. The first-order valence-electron chi connectivity index (χ1n) is 7.23. The van der Waals surface area contributed by atoms with Crippen LogP contribution in [0.1, 0.15) is 12.5 Å². The second kappa shape index (κ2) is 5.38. The van der Waals surface area contributed by atoms with Crippen LogP contribution in [0.5, 0.6) is 0 Å². The predicted molar refractivity (Wildman–Crippen MR) is 83.9 cm³/mol. The Hall–Kier alpha value is -1.65. The fourth-order valence-electron chi connectivity index (χ4n) is 3.00. The van der Waals surface area contributed by atoms with Gasteiger partial charge in [-0.3, -0.25) is 0 Å². The van der Waals surface area contributed by atoms with Crippen LogP contribution in [-0.2, 0) is 6.54 Å². The van der Waals surface area contributed by atoms with E-state index in [1.54, 1.807) is 0 Å². The van der Waals surface area contributed by atoms with E-state index in [2.05, 4.69) is 42.0 Å². The smallest absolute Gasteiger partial charge is 0.134 e. The van der Waals surface area contributed by atoms with E-state index in [1.165, 1.54) is 5.39 Å². The molecular weight excluding hydrogens is 248 g/mol. The molecule has 1 unspecified atom stereocenters. The number of hydrogen-bond acceptors (Lipinski definition) is 4. The van der Waals surface area contributed by atoms with Crippen LogP contribution in [0.3, 0.4) is 0 Å². The van der Waals surface area contributed by atoms with E-state index >= 15 is 0 Å². The largest absolute Gasteiger partial charge is 0.351 e. The molecule has 2 heterocycles. The molecule has 20 heavy (non-hydrogen) atoms. The number of piperazine rings is 1. The molecule has 0 saturated carbocycles. The quantitative estimate of drug-likeness (QED) is 0.904. The first-order chi connectivity index (χ1) is 9.69. The van der Waals surface area contributed by atoms with Gasteiger partial charge in [0, 0.05) is 43.2 Å². The van der Waals surface area contributed by atoms with Crippen molar-refractivity contribution in [3.8, 4) is 0 Å². The van der Waals surface area contributed by atoms with Gasteiger partial charge in [0.25, 0.3) is 0 Å². The molecule has 0 spiro atoms. The van der Waals surface area contributed by atoms with E-state index in [4.69, 9.17) is 10.7 Å². The number of hydrogen-bond donors (Lipinski definition) is 1. The van der Waals surface area contributed by atoms with Crippen molar-refractivity contribution in [1.82, 2.24) is 9.88 Å². The molecule has 3 rings (SSSR count). The predicted octanol–water partition coefficient (Wildman–Crippen LogP) is 1.83. The lowest BCUT2D eigenvalue weighted by atomic mass is 10.1. The van der Waals surface area contributed by atoms with Crippen LogP contribution < -0.4 is 10.6 Å².